The number of imidazole rings is 1. The summed E-state index contributed by atoms with van der Waals surface area (Å²) in [7, 11) is 1.95. The Kier molecular flexibility index (Phi) is 3.55. The van der Waals surface area contributed by atoms with E-state index in [1.54, 1.807) is 0 Å². The number of hydrogen-bond acceptors (Lipinski definition) is 3. The maximum atomic E-state index is 5.85. The lowest BCUT2D eigenvalue weighted by Crippen LogP contribution is -2.04. The average molecular weight is 283 g/mol. The van der Waals surface area contributed by atoms with Crippen LogP contribution in [0.25, 0.3) is 11.0 Å². The first-order valence-electron chi connectivity index (χ1n) is 7.23. The van der Waals surface area contributed by atoms with E-state index in [0.717, 1.165) is 29.1 Å². The topological polar surface area (TPSA) is 43.0 Å². The van der Waals surface area contributed by atoms with Crippen molar-refractivity contribution in [3.05, 3.63) is 52.7 Å². The molecule has 4 nitrogen and oxygen atoms in total. The van der Waals surface area contributed by atoms with Crippen molar-refractivity contribution in [2.45, 2.75) is 33.9 Å². The monoisotopic (exact) mass is 283 g/mol. The number of hydrogen-bond donors (Lipinski definition) is 1. The van der Waals surface area contributed by atoms with Crippen LogP contribution in [-0.4, -0.2) is 16.6 Å². The summed E-state index contributed by atoms with van der Waals surface area (Å²) < 4.78 is 8.00. The van der Waals surface area contributed by atoms with E-state index in [4.69, 9.17) is 4.42 Å². The summed E-state index contributed by atoms with van der Waals surface area (Å²) in [5.74, 6) is 1.95. The number of aromatic nitrogens is 2. The van der Waals surface area contributed by atoms with Gasteiger partial charge >= 0.3 is 0 Å². The van der Waals surface area contributed by atoms with Gasteiger partial charge in [0.25, 0.3) is 0 Å². The number of aryl methyl sites for hydroxylation is 3. The molecule has 0 saturated carbocycles. The van der Waals surface area contributed by atoms with Gasteiger partial charge in [-0.2, -0.15) is 0 Å². The first kappa shape index (κ1) is 13.9. The first-order valence-corrected chi connectivity index (χ1v) is 7.23. The summed E-state index contributed by atoms with van der Waals surface area (Å²) in [6.45, 7) is 7.81. The second kappa shape index (κ2) is 5.37. The molecular weight excluding hydrogens is 262 g/mol. The second-order valence-corrected chi connectivity index (χ2v) is 5.62. The predicted octanol–water partition coefficient (Wildman–Crippen LogP) is 3.32. The largest absolute Gasteiger partial charge is 0.464 e. The van der Waals surface area contributed by atoms with Crippen LogP contribution in [0, 0.1) is 20.8 Å². The van der Waals surface area contributed by atoms with Crippen LogP contribution >= 0.6 is 0 Å². The van der Waals surface area contributed by atoms with Crippen molar-refractivity contribution in [3.8, 4) is 0 Å². The summed E-state index contributed by atoms with van der Waals surface area (Å²) in [5.41, 5.74) is 5.97. The Labute approximate surface area is 124 Å². The van der Waals surface area contributed by atoms with Gasteiger partial charge in [-0.25, -0.2) is 4.98 Å². The van der Waals surface area contributed by atoms with Gasteiger partial charge in [-0.1, -0.05) is 0 Å². The molecular formula is C17H21N3O. The van der Waals surface area contributed by atoms with Crippen LogP contribution in [0.2, 0.25) is 0 Å². The number of fused-ring (bicyclic) bond motifs is 1. The van der Waals surface area contributed by atoms with Crippen molar-refractivity contribution >= 4 is 11.0 Å². The molecule has 1 aromatic carbocycles. The highest BCUT2D eigenvalue weighted by atomic mass is 16.3. The van der Waals surface area contributed by atoms with Gasteiger partial charge in [-0.15, -0.1) is 0 Å². The van der Waals surface area contributed by atoms with E-state index in [2.05, 4.69) is 46.9 Å². The zero-order valence-electron chi connectivity index (χ0n) is 13.0. The Morgan fingerprint density at radius 3 is 2.67 bits per heavy atom. The van der Waals surface area contributed by atoms with Crippen LogP contribution in [0.3, 0.4) is 0 Å². The molecule has 1 N–H and O–H groups in total. The van der Waals surface area contributed by atoms with Crippen LogP contribution in [0.1, 0.15) is 28.2 Å². The summed E-state index contributed by atoms with van der Waals surface area (Å²) >= 11 is 0. The predicted molar refractivity (Wildman–Crippen MR) is 84.5 cm³/mol. The third-order valence-electron chi connectivity index (χ3n) is 4.00. The molecule has 110 valence electrons. The zero-order chi connectivity index (χ0) is 15.0. The van der Waals surface area contributed by atoms with Crippen LogP contribution in [0.15, 0.2) is 28.9 Å². The van der Waals surface area contributed by atoms with Crippen molar-refractivity contribution in [2.75, 3.05) is 7.05 Å². The Bertz CT molecular complexity index is 783. The molecule has 0 fully saturated rings. The Balaban J connectivity index is 1.94. The molecule has 2 aromatic heterocycles. The number of benzene rings is 1. The van der Waals surface area contributed by atoms with Gasteiger partial charge in [0.15, 0.2) is 0 Å². The van der Waals surface area contributed by atoms with Gasteiger partial charge < -0.3 is 14.3 Å². The zero-order valence-corrected chi connectivity index (χ0v) is 13.0. The highest BCUT2D eigenvalue weighted by molar-refractivity contribution is 5.77. The van der Waals surface area contributed by atoms with Crippen molar-refractivity contribution in [2.24, 2.45) is 0 Å². The minimum atomic E-state index is 0.712. The van der Waals surface area contributed by atoms with Crippen molar-refractivity contribution in [3.63, 3.8) is 0 Å². The molecule has 0 radical (unpaired) electrons. The first-order chi connectivity index (χ1) is 10.1. The molecule has 0 unspecified atom stereocenters. The van der Waals surface area contributed by atoms with E-state index < -0.39 is 0 Å². The van der Waals surface area contributed by atoms with E-state index in [1.165, 1.54) is 16.7 Å². The lowest BCUT2D eigenvalue weighted by molar-refractivity contribution is 0.469. The van der Waals surface area contributed by atoms with E-state index in [1.807, 2.05) is 20.3 Å². The van der Waals surface area contributed by atoms with Gasteiger partial charge in [0.2, 0.25) is 0 Å². The second-order valence-electron chi connectivity index (χ2n) is 5.62. The molecule has 0 bridgehead atoms. The number of rotatable bonds is 4. The van der Waals surface area contributed by atoms with E-state index in [0.29, 0.717) is 6.54 Å². The van der Waals surface area contributed by atoms with Crippen molar-refractivity contribution in [1.29, 1.82) is 0 Å². The highest BCUT2D eigenvalue weighted by Gasteiger charge is 2.10. The smallest absolute Gasteiger partial charge is 0.124 e. The number of furan rings is 1. The van der Waals surface area contributed by atoms with Crippen LogP contribution in [-0.2, 0) is 13.1 Å². The molecule has 0 amide bonds. The Hall–Kier alpha value is -2.07. The normalized spacial score (nSPS) is 11.4. The van der Waals surface area contributed by atoms with Gasteiger partial charge in [0.1, 0.15) is 11.5 Å². The van der Waals surface area contributed by atoms with Crippen LogP contribution < -0.4 is 5.32 Å². The molecule has 2 heterocycles. The van der Waals surface area contributed by atoms with Gasteiger partial charge in [-0.05, 0) is 57.1 Å². The fourth-order valence-corrected chi connectivity index (χ4v) is 2.64. The SMILES string of the molecule is CNCc1cc(Cn2cnc3cc(C)c(C)cc32)oc1C. The molecule has 0 spiro atoms. The Morgan fingerprint density at radius 2 is 1.90 bits per heavy atom. The third-order valence-corrected chi connectivity index (χ3v) is 4.00. The minimum absolute atomic E-state index is 0.712. The molecule has 21 heavy (non-hydrogen) atoms. The van der Waals surface area contributed by atoms with Crippen LogP contribution in [0.5, 0.6) is 0 Å². The number of nitrogens with zero attached hydrogens (tertiary/aromatic N) is 2. The van der Waals surface area contributed by atoms with E-state index in [-0.39, 0.29) is 0 Å². The summed E-state index contributed by atoms with van der Waals surface area (Å²) in [4.78, 5) is 4.49. The molecule has 4 heteroatoms. The standard InChI is InChI=1S/C17H21N3O/c1-11-5-16-17(6-12(11)2)20(10-19-16)9-15-7-14(8-18-4)13(3)21-15/h5-7,10,18H,8-9H2,1-4H3. The van der Waals surface area contributed by atoms with Crippen LogP contribution in [0.4, 0.5) is 0 Å². The summed E-state index contributed by atoms with van der Waals surface area (Å²) in [6, 6.07) is 6.46. The number of nitrogens with one attached hydrogen (secondary N) is 1. The lowest BCUT2D eigenvalue weighted by atomic mass is 10.1. The third kappa shape index (κ3) is 2.59. The Morgan fingerprint density at radius 1 is 1.14 bits per heavy atom. The molecule has 0 aliphatic carbocycles. The maximum Gasteiger partial charge on any atom is 0.124 e. The highest BCUT2D eigenvalue weighted by Crippen LogP contribution is 2.21. The average Bonchev–Trinajstić information content (AvgIpc) is 2.97. The maximum absolute atomic E-state index is 5.85. The fraction of sp³-hybridized carbons (Fsp3) is 0.353. The molecule has 0 saturated heterocycles. The summed E-state index contributed by atoms with van der Waals surface area (Å²) in [6.07, 6.45) is 1.89. The minimum Gasteiger partial charge on any atom is -0.464 e. The fourth-order valence-electron chi connectivity index (χ4n) is 2.64. The molecule has 0 aliphatic rings. The van der Waals surface area contributed by atoms with Gasteiger partial charge in [-0.3, -0.25) is 0 Å². The summed E-state index contributed by atoms with van der Waals surface area (Å²) in [5, 5.41) is 3.16. The van der Waals surface area contributed by atoms with E-state index >= 15 is 0 Å². The van der Waals surface area contributed by atoms with Crippen molar-refractivity contribution in [1.82, 2.24) is 14.9 Å². The van der Waals surface area contributed by atoms with Gasteiger partial charge in [0.05, 0.1) is 23.9 Å². The molecule has 3 aromatic rings. The molecule has 0 aliphatic heterocycles. The van der Waals surface area contributed by atoms with Crippen molar-refractivity contribution < 1.29 is 4.42 Å². The molecule has 3 rings (SSSR count). The molecule has 0 atom stereocenters. The quantitative estimate of drug-likeness (QED) is 0.798. The van der Waals surface area contributed by atoms with Gasteiger partial charge in [0, 0.05) is 12.1 Å². The van der Waals surface area contributed by atoms with E-state index in [9.17, 15) is 0 Å². The lowest BCUT2D eigenvalue weighted by Gasteiger charge is -2.04.